The lowest BCUT2D eigenvalue weighted by atomic mass is 10.0. The van der Waals surface area contributed by atoms with Gasteiger partial charge in [0, 0.05) is 25.7 Å². The minimum Gasteiger partial charge on any atom is -0.355 e. The lowest BCUT2D eigenvalue weighted by Crippen LogP contribution is -2.42. The molecule has 0 unspecified atom stereocenters. The van der Waals surface area contributed by atoms with Crippen molar-refractivity contribution in [1.29, 1.82) is 10.5 Å². The van der Waals surface area contributed by atoms with Crippen LogP contribution in [0.2, 0.25) is 0 Å². The van der Waals surface area contributed by atoms with Gasteiger partial charge in [-0.25, -0.2) is 0 Å². The molecule has 0 aromatic heterocycles. The van der Waals surface area contributed by atoms with Crippen LogP contribution in [0.5, 0.6) is 0 Å². The molecule has 3 aliphatic heterocycles. The van der Waals surface area contributed by atoms with Gasteiger partial charge in [0.25, 0.3) is 0 Å². The van der Waals surface area contributed by atoms with Crippen molar-refractivity contribution in [2.24, 2.45) is 0 Å². The fourth-order valence-electron chi connectivity index (χ4n) is 4.41. The predicted molar refractivity (Wildman–Crippen MR) is 97.3 cm³/mol. The normalized spacial score (nSPS) is 22.7. The quantitative estimate of drug-likeness (QED) is 0.764. The van der Waals surface area contributed by atoms with E-state index in [0.29, 0.717) is 6.04 Å². The van der Waals surface area contributed by atoms with E-state index in [1.807, 2.05) is 0 Å². The summed E-state index contributed by atoms with van der Waals surface area (Å²) in [7, 11) is 0. The summed E-state index contributed by atoms with van der Waals surface area (Å²) < 4.78 is 0. The van der Waals surface area contributed by atoms with Crippen LogP contribution < -0.4 is 5.32 Å². The Bertz CT molecular complexity index is 529. The number of hydrogen-bond donors (Lipinski definition) is 1. The molecule has 3 heterocycles. The number of rotatable bonds is 5. The molecule has 0 spiro atoms. The maximum Gasteiger partial charge on any atom is 0.169 e. The maximum atomic E-state index is 9.45. The zero-order valence-electron chi connectivity index (χ0n) is 15.2. The topological polar surface area (TPSA) is 69.3 Å². The first-order valence-corrected chi connectivity index (χ1v) is 9.82. The van der Waals surface area contributed by atoms with Gasteiger partial charge in [-0.3, -0.25) is 0 Å². The molecule has 0 radical (unpaired) electrons. The highest BCUT2D eigenvalue weighted by Crippen LogP contribution is 2.28. The van der Waals surface area contributed by atoms with Crippen LogP contribution in [0.3, 0.4) is 0 Å². The van der Waals surface area contributed by atoms with Gasteiger partial charge in [0.15, 0.2) is 5.57 Å². The van der Waals surface area contributed by atoms with Gasteiger partial charge >= 0.3 is 0 Å². The van der Waals surface area contributed by atoms with Crippen molar-refractivity contribution in [3.8, 4) is 12.1 Å². The monoisotopic (exact) mass is 342 g/mol. The second kappa shape index (κ2) is 9.08. The standard InChI is InChI=1S/C19H30N6/c20-15-17(16-21)19-24(12-4-11-23-9-2-1-3-10-23)13-14-25(19)18-5-7-22-8-6-18/h18,22H,1-14H2. The van der Waals surface area contributed by atoms with Gasteiger partial charge in [-0.2, -0.15) is 10.5 Å². The lowest BCUT2D eigenvalue weighted by molar-refractivity contribution is 0.203. The van der Waals surface area contributed by atoms with E-state index < -0.39 is 0 Å². The van der Waals surface area contributed by atoms with Crippen molar-refractivity contribution >= 4 is 0 Å². The Balaban J connectivity index is 1.62. The molecule has 0 aromatic rings. The summed E-state index contributed by atoms with van der Waals surface area (Å²) in [5.74, 6) is 0.899. The van der Waals surface area contributed by atoms with Gasteiger partial charge in [-0.1, -0.05) is 6.42 Å². The summed E-state index contributed by atoms with van der Waals surface area (Å²) in [4.78, 5) is 7.18. The zero-order chi connectivity index (χ0) is 17.5. The summed E-state index contributed by atoms with van der Waals surface area (Å²) in [5.41, 5.74) is 0.286. The molecule has 136 valence electrons. The van der Waals surface area contributed by atoms with Crippen LogP contribution in [0, 0.1) is 22.7 Å². The van der Waals surface area contributed by atoms with Crippen molar-refractivity contribution in [2.75, 3.05) is 52.4 Å². The largest absolute Gasteiger partial charge is 0.355 e. The van der Waals surface area contributed by atoms with Crippen LogP contribution in [0.15, 0.2) is 11.4 Å². The molecule has 6 heteroatoms. The summed E-state index contributed by atoms with van der Waals surface area (Å²) >= 11 is 0. The second-order valence-corrected chi connectivity index (χ2v) is 7.34. The third-order valence-electron chi connectivity index (χ3n) is 5.73. The molecule has 0 saturated carbocycles. The first-order chi connectivity index (χ1) is 12.3. The van der Waals surface area contributed by atoms with Gasteiger partial charge in [-0.05, 0) is 64.8 Å². The minimum atomic E-state index is 0.286. The number of likely N-dealkylation sites (tertiary alicyclic amines) is 1. The van der Waals surface area contributed by atoms with Crippen LogP contribution in [-0.2, 0) is 0 Å². The molecule has 3 aliphatic rings. The maximum absolute atomic E-state index is 9.45. The van der Waals surface area contributed by atoms with Crippen molar-refractivity contribution in [2.45, 2.75) is 44.6 Å². The number of nitriles is 2. The molecule has 6 nitrogen and oxygen atoms in total. The SMILES string of the molecule is N#CC(C#N)=C1N(CCCN2CCCCC2)CCN1C1CCNCC1. The molecular formula is C19H30N6. The van der Waals surface area contributed by atoms with Crippen LogP contribution in [-0.4, -0.2) is 73.1 Å². The molecule has 0 amide bonds. The number of piperidine rings is 2. The predicted octanol–water partition coefficient (Wildman–Crippen LogP) is 1.49. The van der Waals surface area contributed by atoms with E-state index in [2.05, 4.69) is 32.2 Å². The first kappa shape index (κ1) is 18.0. The second-order valence-electron chi connectivity index (χ2n) is 7.34. The number of allylic oxidation sites excluding steroid dienone is 1. The summed E-state index contributed by atoms with van der Waals surface area (Å²) in [5, 5.41) is 22.3. The van der Waals surface area contributed by atoms with Crippen LogP contribution >= 0.6 is 0 Å². The Morgan fingerprint density at radius 2 is 1.68 bits per heavy atom. The Kier molecular flexibility index (Phi) is 6.55. The van der Waals surface area contributed by atoms with Crippen LogP contribution in [0.25, 0.3) is 0 Å². The fourth-order valence-corrected chi connectivity index (χ4v) is 4.41. The third kappa shape index (κ3) is 4.45. The van der Waals surface area contributed by atoms with Crippen molar-refractivity contribution in [3.05, 3.63) is 11.4 Å². The Morgan fingerprint density at radius 3 is 2.36 bits per heavy atom. The van der Waals surface area contributed by atoms with E-state index in [1.165, 1.54) is 32.4 Å². The van der Waals surface area contributed by atoms with Gasteiger partial charge in [0.1, 0.15) is 18.0 Å². The highest BCUT2D eigenvalue weighted by molar-refractivity contribution is 5.40. The Morgan fingerprint density at radius 1 is 0.960 bits per heavy atom. The van der Waals surface area contributed by atoms with Crippen molar-refractivity contribution < 1.29 is 0 Å². The van der Waals surface area contributed by atoms with E-state index in [-0.39, 0.29) is 5.57 Å². The van der Waals surface area contributed by atoms with Gasteiger partial charge < -0.3 is 20.0 Å². The molecule has 0 bridgehead atoms. The van der Waals surface area contributed by atoms with Gasteiger partial charge in [0.05, 0.1) is 0 Å². The number of nitrogens with one attached hydrogen (secondary N) is 1. The molecule has 1 N–H and O–H groups in total. The van der Waals surface area contributed by atoms with Crippen molar-refractivity contribution in [3.63, 3.8) is 0 Å². The average molecular weight is 342 g/mol. The van der Waals surface area contributed by atoms with Crippen molar-refractivity contribution in [1.82, 2.24) is 20.0 Å². The molecule has 3 saturated heterocycles. The van der Waals surface area contributed by atoms with Gasteiger partial charge in [0.2, 0.25) is 0 Å². The van der Waals surface area contributed by atoms with Gasteiger partial charge in [-0.15, -0.1) is 0 Å². The van der Waals surface area contributed by atoms with E-state index in [0.717, 1.165) is 64.4 Å². The molecule has 0 aliphatic carbocycles. The van der Waals surface area contributed by atoms with Crippen LogP contribution in [0.4, 0.5) is 0 Å². The minimum absolute atomic E-state index is 0.286. The lowest BCUT2D eigenvalue weighted by Gasteiger charge is -2.35. The summed E-state index contributed by atoms with van der Waals surface area (Å²) in [6.07, 6.45) is 7.31. The third-order valence-corrected chi connectivity index (χ3v) is 5.73. The molecule has 0 atom stereocenters. The Hall–Kier alpha value is -1.76. The van der Waals surface area contributed by atoms with E-state index in [4.69, 9.17) is 0 Å². The molecule has 3 rings (SSSR count). The smallest absolute Gasteiger partial charge is 0.169 e. The van der Waals surface area contributed by atoms with E-state index in [9.17, 15) is 10.5 Å². The van der Waals surface area contributed by atoms with E-state index >= 15 is 0 Å². The number of nitrogens with zero attached hydrogens (tertiary/aromatic N) is 5. The summed E-state index contributed by atoms with van der Waals surface area (Å²) in [6, 6.07) is 4.74. The zero-order valence-corrected chi connectivity index (χ0v) is 15.2. The fraction of sp³-hybridized carbons (Fsp3) is 0.789. The molecule has 25 heavy (non-hydrogen) atoms. The summed E-state index contributed by atoms with van der Waals surface area (Å²) in [6.45, 7) is 8.46. The van der Waals surface area contributed by atoms with Crippen LogP contribution in [0.1, 0.15) is 38.5 Å². The van der Waals surface area contributed by atoms with E-state index in [1.54, 1.807) is 0 Å². The molecule has 0 aromatic carbocycles. The first-order valence-electron chi connectivity index (χ1n) is 9.82. The highest BCUT2D eigenvalue weighted by atomic mass is 15.4. The molecule has 3 fully saturated rings. The Labute approximate surface area is 151 Å². The number of hydrogen-bond acceptors (Lipinski definition) is 6. The average Bonchev–Trinajstić information content (AvgIpc) is 3.08. The molecular weight excluding hydrogens is 312 g/mol. The highest BCUT2D eigenvalue weighted by Gasteiger charge is 2.33.